The van der Waals surface area contributed by atoms with Crippen molar-refractivity contribution in [3.63, 3.8) is 0 Å². The first kappa shape index (κ1) is 38.9. The Hall–Kier alpha value is -6.28. The van der Waals surface area contributed by atoms with Crippen LogP contribution in [0, 0.1) is 16.0 Å². The van der Waals surface area contributed by atoms with Gasteiger partial charge >= 0.3 is 12.2 Å². The molecule has 4 aromatic rings. The summed E-state index contributed by atoms with van der Waals surface area (Å²) in [5.41, 5.74) is 5.27. The molecule has 0 aromatic heterocycles. The molecule has 5 rings (SSSR count). The van der Waals surface area contributed by atoms with Crippen molar-refractivity contribution in [3.05, 3.63) is 124 Å². The van der Waals surface area contributed by atoms with Crippen molar-refractivity contribution in [2.45, 2.75) is 51.3 Å². The summed E-state index contributed by atoms with van der Waals surface area (Å²) in [7, 11) is 1.79. The summed E-state index contributed by atoms with van der Waals surface area (Å²) in [5.74, 6) is -1.32. The minimum Gasteiger partial charge on any atom is -0.449 e. The summed E-state index contributed by atoms with van der Waals surface area (Å²) in [6.45, 7) is 4.18. The van der Waals surface area contributed by atoms with Crippen LogP contribution >= 0.6 is 0 Å². The standard InChI is InChI=1S/C40H43N5O9/c1-25(2)36(44-39(48)52-24-34-32-11-6-4-9-30(32)31-10-5-7-12-33(31)34)38(47)43-35(13-8-22-41-3)37(46)42-27-16-14-26(15-17-27)23-53-40(49)54-29-20-18-28(19-21-29)45(50)51/h4-7,9-12,14-21,25,34-36,41H,8,13,22-24H2,1-3H3,(H,42,46)(H,43,47)(H,44,48)/t35-,36-/m0/s1. The van der Waals surface area contributed by atoms with Crippen LogP contribution in [-0.4, -0.2) is 61.3 Å². The van der Waals surface area contributed by atoms with E-state index >= 15 is 0 Å². The third-order valence-electron chi connectivity index (χ3n) is 8.95. The number of nitrogens with one attached hydrogen (secondary N) is 4. The highest BCUT2D eigenvalue weighted by molar-refractivity contribution is 5.98. The molecule has 1 aliphatic carbocycles. The second-order valence-electron chi connectivity index (χ2n) is 13.1. The highest BCUT2D eigenvalue weighted by atomic mass is 16.7. The molecule has 54 heavy (non-hydrogen) atoms. The highest BCUT2D eigenvalue weighted by Gasteiger charge is 2.32. The van der Waals surface area contributed by atoms with E-state index < -0.39 is 41.1 Å². The number of nitro groups is 1. The minimum atomic E-state index is -0.991. The molecule has 0 spiro atoms. The van der Waals surface area contributed by atoms with E-state index in [4.69, 9.17) is 14.2 Å². The highest BCUT2D eigenvalue weighted by Crippen LogP contribution is 2.44. The van der Waals surface area contributed by atoms with Gasteiger partial charge in [-0.1, -0.05) is 74.5 Å². The SMILES string of the molecule is CNCCC[C@H](NC(=O)[C@@H](NC(=O)OCC1c2ccccc2-c2ccccc21)C(C)C)C(=O)Nc1ccc(COC(=O)Oc2ccc([N+](=O)[O-])cc2)cc1. The van der Waals surface area contributed by atoms with Crippen molar-refractivity contribution in [2.75, 3.05) is 25.5 Å². The molecule has 0 saturated carbocycles. The van der Waals surface area contributed by atoms with Gasteiger partial charge < -0.3 is 35.5 Å². The van der Waals surface area contributed by atoms with Gasteiger partial charge in [-0.3, -0.25) is 19.7 Å². The molecule has 0 aliphatic heterocycles. The number of hydrogen-bond acceptors (Lipinski definition) is 10. The Morgan fingerprint density at radius 1 is 0.796 bits per heavy atom. The van der Waals surface area contributed by atoms with Crippen LogP contribution in [-0.2, 0) is 25.7 Å². The zero-order valence-corrected chi connectivity index (χ0v) is 30.2. The third kappa shape index (κ3) is 10.2. The van der Waals surface area contributed by atoms with E-state index in [1.54, 1.807) is 45.2 Å². The summed E-state index contributed by atoms with van der Waals surface area (Å²) in [4.78, 5) is 62.5. The maximum absolute atomic E-state index is 13.6. The number of fused-ring (bicyclic) bond motifs is 3. The van der Waals surface area contributed by atoms with Crippen LogP contribution in [0.3, 0.4) is 0 Å². The van der Waals surface area contributed by atoms with E-state index in [1.807, 2.05) is 36.4 Å². The molecule has 0 bridgehead atoms. The van der Waals surface area contributed by atoms with Gasteiger partial charge in [0.25, 0.3) is 5.69 Å². The number of carbonyl (C=O) groups excluding carboxylic acids is 4. The van der Waals surface area contributed by atoms with Crippen molar-refractivity contribution in [1.29, 1.82) is 0 Å². The molecule has 0 radical (unpaired) electrons. The van der Waals surface area contributed by atoms with Crippen molar-refractivity contribution < 1.29 is 38.3 Å². The van der Waals surface area contributed by atoms with Crippen molar-refractivity contribution >= 4 is 35.4 Å². The Kier molecular flexibility index (Phi) is 13.3. The number of nitro benzene ring substituents is 1. The molecule has 4 N–H and O–H groups in total. The predicted molar refractivity (Wildman–Crippen MR) is 201 cm³/mol. The number of alkyl carbamates (subject to hydrolysis) is 1. The van der Waals surface area contributed by atoms with Crippen molar-refractivity contribution in [2.24, 2.45) is 5.92 Å². The van der Waals surface area contributed by atoms with Crippen LogP contribution in [0.25, 0.3) is 11.1 Å². The first-order valence-corrected chi connectivity index (χ1v) is 17.6. The Balaban J connectivity index is 1.14. The molecule has 3 amide bonds. The number of nitrogens with zero attached hydrogens (tertiary/aromatic N) is 1. The van der Waals surface area contributed by atoms with Gasteiger partial charge in [-0.15, -0.1) is 0 Å². The molecule has 14 heteroatoms. The Bertz CT molecular complexity index is 1900. The molecular formula is C40H43N5O9. The molecule has 2 atom stereocenters. The molecule has 14 nitrogen and oxygen atoms in total. The third-order valence-corrected chi connectivity index (χ3v) is 8.95. The van der Waals surface area contributed by atoms with Crippen molar-refractivity contribution in [3.8, 4) is 16.9 Å². The summed E-state index contributed by atoms with van der Waals surface area (Å²) >= 11 is 0. The Morgan fingerprint density at radius 2 is 1.43 bits per heavy atom. The fourth-order valence-corrected chi connectivity index (χ4v) is 6.13. The van der Waals surface area contributed by atoms with E-state index in [2.05, 4.69) is 33.4 Å². The average molecular weight is 738 g/mol. The molecule has 282 valence electrons. The summed E-state index contributed by atoms with van der Waals surface area (Å²) < 4.78 is 15.9. The molecule has 0 unspecified atom stereocenters. The molecule has 4 aromatic carbocycles. The second-order valence-corrected chi connectivity index (χ2v) is 13.1. The number of rotatable bonds is 16. The molecule has 1 aliphatic rings. The lowest BCUT2D eigenvalue weighted by Gasteiger charge is -2.25. The van der Waals surface area contributed by atoms with Crippen LogP contribution in [0.1, 0.15) is 49.3 Å². The van der Waals surface area contributed by atoms with Gasteiger partial charge in [0.2, 0.25) is 11.8 Å². The lowest BCUT2D eigenvalue weighted by Crippen LogP contribution is -2.54. The number of benzene rings is 4. The normalized spacial score (nSPS) is 12.8. The summed E-state index contributed by atoms with van der Waals surface area (Å²) in [6.07, 6.45) is -0.802. The van der Waals surface area contributed by atoms with E-state index in [-0.39, 0.29) is 36.5 Å². The Morgan fingerprint density at radius 3 is 2.02 bits per heavy atom. The van der Waals surface area contributed by atoms with Crippen LogP contribution in [0.5, 0.6) is 5.75 Å². The predicted octanol–water partition coefficient (Wildman–Crippen LogP) is 6.30. The number of hydrogen-bond donors (Lipinski definition) is 4. The number of non-ortho nitro benzene ring substituents is 1. The Labute approximate surface area is 312 Å². The zero-order valence-electron chi connectivity index (χ0n) is 30.2. The largest absolute Gasteiger partial charge is 0.514 e. The number of ether oxygens (including phenoxy) is 3. The van der Waals surface area contributed by atoms with Gasteiger partial charge in [0.05, 0.1) is 4.92 Å². The number of amides is 3. The maximum atomic E-state index is 13.6. The topological polar surface area (TPSA) is 187 Å². The smallest absolute Gasteiger partial charge is 0.449 e. The quantitative estimate of drug-likeness (QED) is 0.0334. The van der Waals surface area contributed by atoms with E-state index in [9.17, 15) is 29.3 Å². The van der Waals surface area contributed by atoms with Crippen LogP contribution < -0.4 is 26.0 Å². The first-order chi connectivity index (χ1) is 26.0. The van der Waals surface area contributed by atoms with Crippen molar-refractivity contribution in [1.82, 2.24) is 16.0 Å². The fraction of sp³-hybridized carbons (Fsp3) is 0.300. The van der Waals surface area contributed by atoms with E-state index in [0.29, 0.717) is 30.6 Å². The van der Waals surface area contributed by atoms with Gasteiger partial charge in [-0.05, 0) is 84.4 Å². The zero-order chi connectivity index (χ0) is 38.6. The maximum Gasteiger partial charge on any atom is 0.514 e. The summed E-state index contributed by atoms with van der Waals surface area (Å²) in [5, 5.41) is 22.2. The fourth-order valence-electron chi connectivity index (χ4n) is 6.13. The lowest BCUT2D eigenvalue weighted by molar-refractivity contribution is -0.384. The number of anilines is 1. The van der Waals surface area contributed by atoms with Crippen LogP contribution in [0.15, 0.2) is 97.1 Å². The van der Waals surface area contributed by atoms with Crippen LogP contribution in [0.4, 0.5) is 21.0 Å². The molecule has 0 saturated heterocycles. The molecular weight excluding hydrogens is 694 g/mol. The van der Waals surface area contributed by atoms with Crippen LogP contribution in [0.2, 0.25) is 0 Å². The minimum absolute atomic E-state index is 0.0905. The van der Waals surface area contributed by atoms with E-state index in [0.717, 1.165) is 22.3 Å². The number of carbonyl (C=O) groups is 4. The monoisotopic (exact) mass is 737 g/mol. The van der Waals surface area contributed by atoms with Gasteiger partial charge in [0, 0.05) is 23.7 Å². The van der Waals surface area contributed by atoms with Gasteiger partial charge in [0.15, 0.2) is 0 Å². The van der Waals surface area contributed by atoms with Gasteiger partial charge in [-0.2, -0.15) is 0 Å². The first-order valence-electron chi connectivity index (χ1n) is 17.6. The lowest BCUT2D eigenvalue weighted by atomic mass is 9.98. The van der Waals surface area contributed by atoms with Gasteiger partial charge in [-0.25, -0.2) is 9.59 Å². The second kappa shape index (κ2) is 18.5. The average Bonchev–Trinajstić information content (AvgIpc) is 3.49. The molecule has 0 fully saturated rings. The summed E-state index contributed by atoms with van der Waals surface area (Å²) in [6, 6.07) is 25.7. The van der Waals surface area contributed by atoms with E-state index in [1.165, 1.54) is 24.3 Å². The molecule has 0 heterocycles. The van der Waals surface area contributed by atoms with Gasteiger partial charge in [0.1, 0.15) is 31.0 Å².